The van der Waals surface area contributed by atoms with Gasteiger partial charge in [0.2, 0.25) is 0 Å². The second kappa shape index (κ2) is 8.00. The number of hydrogen-bond donors (Lipinski definition) is 1. The first-order valence-electron chi connectivity index (χ1n) is 7.65. The Morgan fingerprint density at radius 2 is 2.00 bits per heavy atom. The summed E-state index contributed by atoms with van der Waals surface area (Å²) in [5.74, 6) is 0.920. The minimum Gasteiger partial charge on any atom is -0.484 e. The second-order valence-corrected chi connectivity index (χ2v) is 5.41. The van der Waals surface area contributed by atoms with E-state index in [2.05, 4.69) is 19.2 Å². The molecule has 0 spiro atoms. The Hall–Kier alpha value is -2.80. The molecule has 1 atom stereocenters. The van der Waals surface area contributed by atoms with E-state index in [1.807, 2.05) is 30.3 Å². The van der Waals surface area contributed by atoms with Gasteiger partial charge in [-0.1, -0.05) is 32.0 Å². The standard InChI is InChI=1S/C19H20N2O2/c1-3-14(2)16-7-9-18(10-8-16)23-13-19(22)21-17-6-4-5-15(11-17)12-20/h4-11,14H,3,13H2,1-2H3,(H,21,22). The summed E-state index contributed by atoms with van der Waals surface area (Å²) in [4.78, 5) is 11.9. The number of nitriles is 1. The van der Waals surface area contributed by atoms with Crippen LogP contribution in [-0.4, -0.2) is 12.5 Å². The SMILES string of the molecule is CCC(C)c1ccc(OCC(=O)Nc2cccc(C#N)c2)cc1. The van der Waals surface area contributed by atoms with Crippen LogP contribution in [0.5, 0.6) is 5.75 Å². The number of nitrogens with zero attached hydrogens (tertiary/aromatic N) is 1. The highest BCUT2D eigenvalue weighted by atomic mass is 16.5. The highest BCUT2D eigenvalue weighted by Crippen LogP contribution is 2.21. The summed E-state index contributed by atoms with van der Waals surface area (Å²) >= 11 is 0. The molecule has 0 heterocycles. The van der Waals surface area contributed by atoms with E-state index in [1.165, 1.54) is 5.56 Å². The lowest BCUT2D eigenvalue weighted by Crippen LogP contribution is -2.20. The first-order chi connectivity index (χ1) is 11.1. The molecule has 0 aliphatic heterocycles. The minimum absolute atomic E-state index is 0.0700. The second-order valence-electron chi connectivity index (χ2n) is 5.41. The average molecular weight is 308 g/mol. The molecule has 0 aliphatic carbocycles. The number of carbonyl (C=O) groups is 1. The van der Waals surface area contributed by atoms with Crippen LogP contribution in [0.1, 0.15) is 37.3 Å². The summed E-state index contributed by atoms with van der Waals surface area (Å²) in [6.07, 6.45) is 1.09. The van der Waals surface area contributed by atoms with Gasteiger partial charge in [-0.05, 0) is 48.2 Å². The summed E-state index contributed by atoms with van der Waals surface area (Å²) in [5, 5.41) is 11.6. The number of anilines is 1. The van der Waals surface area contributed by atoms with Gasteiger partial charge in [0, 0.05) is 5.69 Å². The van der Waals surface area contributed by atoms with E-state index in [4.69, 9.17) is 10.00 Å². The fourth-order valence-electron chi connectivity index (χ4n) is 2.14. The van der Waals surface area contributed by atoms with Gasteiger partial charge in [-0.2, -0.15) is 5.26 Å². The van der Waals surface area contributed by atoms with E-state index in [0.717, 1.165) is 6.42 Å². The van der Waals surface area contributed by atoms with E-state index in [0.29, 0.717) is 22.9 Å². The zero-order valence-corrected chi connectivity index (χ0v) is 13.4. The fraction of sp³-hybridized carbons (Fsp3) is 0.263. The van der Waals surface area contributed by atoms with E-state index >= 15 is 0 Å². The number of carbonyl (C=O) groups excluding carboxylic acids is 1. The van der Waals surface area contributed by atoms with Gasteiger partial charge in [-0.25, -0.2) is 0 Å². The van der Waals surface area contributed by atoms with Crippen LogP contribution in [-0.2, 0) is 4.79 Å². The molecule has 0 bridgehead atoms. The lowest BCUT2D eigenvalue weighted by Gasteiger charge is -2.11. The molecule has 1 N–H and O–H groups in total. The Balaban J connectivity index is 1.88. The molecule has 0 aromatic heterocycles. The molecule has 4 heteroatoms. The van der Waals surface area contributed by atoms with Crippen LogP contribution >= 0.6 is 0 Å². The Morgan fingerprint density at radius 3 is 2.65 bits per heavy atom. The van der Waals surface area contributed by atoms with Gasteiger partial charge in [0.05, 0.1) is 11.6 Å². The van der Waals surface area contributed by atoms with E-state index in [1.54, 1.807) is 24.3 Å². The molecular weight excluding hydrogens is 288 g/mol. The Labute approximate surface area is 136 Å². The van der Waals surface area contributed by atoms with Gasteiger partial charge >= 0.3 is 0 Å². The zero-order chi connectivity index (χ0) is 16.7. The maximum absolute atomic E-state index is 11.9. The van der Waals surface area contributed by atoms with Gasteiger partial charge in [-0.3, -0.25) is 4.79 Å². The van der Waals surface area contributed by atoms with Crippen molar-refractivity contribution in [2.75, 3.05) is 11.9 Å². The van der Waals surface area contributed by atoms with Crippen molar-refractivity contribution >= 4 is 11.6 Å². The van der Waals surface area contributed by atoms with Gasteiger partial charge in [0.15, 0.2) is 6.61 Å². The lowest BCUT2D eigenvalue weighted by molar-refractivity contribution is -0.118. The molecule has 4 nitrogen and oxygen atoms in total. The first kappa shape index (κ1) is 16.6. The van der Waals surface area contributed by atoms with Gasteiger partial charge in [-0.15, -0.1) is 0 Å². The molecular formula is C19H20N2O2. The summed E-state index contributed by atoms with van der Waals surface area (Å²) in [7, 11) is 0. The summed E-state index contributed by atoms with van der Waals surface area (Å²) in [5.41, 5.74) is 2.35. The first-order valence-corrected chi connectivity index (χ1v) is 7.65. The van der Waals surface area contributed by atoms with Crippen molar-refractivity contribution in [3.63, 3.8) is 0 Å². The van der Waals surface area contributed by atoms with E-state index in [-0.39, 0.29) is 12.5 Å². The van der Waals surface area contributed by atoms with Crippen LogP contribution in [0.2, 0.25) is 0 Å². The minimum atomic E-state index is -0.258. The number of ether oxygens (including phenoxy) is 1. The van der Waals surface area contributed by atoms with E-state index in [9.17, 15) is 4.79 Å². The quantitative estimate of drug-likeness (QED) is 0.874. The molecule has 118 valence electrons. The molecule has 1 amide bonds. The topological polar surface area (TPSA) is 62.1 Å². The number of rotatable bonds is 6. The monoisotopic (exact) mass is 308 g/mol. The number of hydrogen-bond acceptors (Lipinski definition) is 3. The average Bonchev–Trinajstić information content (AvgIpc) is 2.60. The zero-order valence-electron chi connectivity index (χ0n) is 13.4. The molecule has 1 unspecified atom stereocenters. The third kappa shape index (κ3) is 4.86. The largest absolute Gasteiger partial charge is 0.484 e. The molecule has 2 aromatic rings. The van der Waals surface area contributed by atoms with E-state index < -0.39 is 0 Å². The molecule has 2 aromatic carbocycles. The summed E-state index contributed by atoms with van der Waals surface area (Å²) in [6, 6.07) is 16.6. The number of benzene rings is 2. The predicted octanol–water partition coefficient (Wildman–Crippen LogP) is 4.09. The van der Waals surface area contributed by atoms with Crippen molar-refractivity contribution in [3.8, 4) is 11.8 Å². The van der Waals surface area contributed by atoms with Gasteiger partial charge in [0.1, 0.15) is 5.75 Å². The van der Waals surface area contributed by atoms with Crippen LogP contribution in [0.15, 0.2) is 48.5 Å². The smallest absolute Gasteiger partial charge is 0.262 e. The molecule has 2 rings (SSSR count). The van der Waals surface area contributed by atoms with Crippen molar-refractivity contribution in [1.82, 2.24) is 0 Å². The Morgan fingerprint density at radius 1 is 1.26 bits per heavy atom. The molecule has 0 saturated carbocycles. The van der Waals surface area contributed by atoms with Crippen molar-refractivity contribution in [2.24, 2.45) is 0 Å². The maximum Gasteiger partial charge on any atom is 0.262 e. The normalized spacial score (nSPS) is 11.3. The molecule has 0 saturated heterocycles. The van der Waals surface area contributed by atoms with Gasteiger partial charge in [0.25, 0.3) is 5.91 Å². The Bertz CT molecular complexity index is 702. The number of amides is 1. The van der Waals surface area contributed by atoms with Crippen LogP contribution < -0.4 is 10.1 Å². The third-order valence-electron chi connectivity index (χ3n) is 3.71. The molecule has 0 radical (unpaired) electrons. The van der Waals surface area contributed by atoms with Gasteiger partial charge < -0.3 is 10.1 Å². The molecule has 0 fully saturated rings. The Kier molecular flexibility index (Phi) is 5.76. The molecule has 0 aliphatic rings. The van der Waals surface area contributed by atoms with Crippen LogP contribution in [0.4, 0.5) is 5.69 Å². The third-order valence-corrected chi connectivity index (χ3v) is 3.71. The fourth-order valence-corrected chi connectivity index (χ4v) is 2.14. The lowest BCUT2D eigenvalue weighted by atomic mass is 9.99. The highest BCUT2D eigenvalue weighted by molar-refractivity contribution is 5.92. The van der Waals surface area contributed by atoms with Crippen molar-refractivity contribution in [2.45, 2.75) is 26.2 Å². The highest BCUT2D eigenvalue weighted by Gasteiger charge is 2.06. The summed E-state index contributed by atoms with van der Waals surface area (Å²) in [6.45, 7) is 4.26. The van der Waals surface area contributed by atoms with Crippen LogP contribution in [0.25, 0.3) is 0 Å². The predicted molar refractivity (Wildman–Crippen MR) is 90.4 cm³/mol. The van der Waals surface area contributed by atoms with Crippen molar-refractivity contribution in [3.05, 3.63) is 59.7 Å². The maximum atomic E-state index is 11.9. The number of nitrogens with one attached hydrogen (secondary N) is 1. The summed E-state index contributed by atoms with van der Waals surface area (Å²) < 4.78 is 5.49. The molecule has 23 heavy (non-hydrogen) atoms. The van der Waals surface area contributed by atoms with Crippen LogP contribution in [0.3, 0.4) is 0 Å². The van der Waals surface area contributed by atoms with Crippen LogP contribution in [0, 0.1) is 11.3 Å². The van der Waals surface area contributed by atoms with Crippen molar-refractivity contribution in [1.29, 1.82) is 5.26 Å². The van der Waals surface area contributed by atoms with Crippen molar-refractivity contribution < 1.29 is 9.53 Å².